The van der Waals surface area contributed by atoms with Crippen molar-refractivity contribution >= 4 is 29.6 Å². The zero-order valence-corrected chi connectivity index (χ0v) is 17.2. The molecule has 0 heterocycles. The Morgan fingerprint density at radius 1 is 0.774 bits per heavy atom. The van der Waals surface area contributed by atoms with Crippen molar-refractivity contribution in [2.45, 2.75) is 4.90 Å². The highest BCUT2D eigenvalue weighted by Gasteiger charge is 2.16. The molecule has 31 heavy (non-hydrogen) atoms. The molecule has 0 spiro atoms. The third-order valence-electron chi connectivity index (χ3n) is 4.73. The van der Waals surface area contributed by atoms with Crippen molar-refractivity contribution in [3.05, 3.63) is 113 Å². The molecule has 0 amide bonds. The van der Waals surface area contributed by atoms with Gasteiger partial charge in [-0.3, -0.25) is 14.9 Å². The van der Waals surface area contributed by atoms with Crippen LogP contribution in [0.3, 0.4) is 0 Å². The normalized spacial score (nSPS) is 10.5. The summed E-state index contributed by atoms with van der Waals surface area (Å²) in [5.74, 6) is 0. The van der Waals surface area contributed by atoms with Crippen molar-refractivity contribution in [2.75, 3.05) is 0 Å². The fourth-order valence-electron chi connectivity index (χ4n) is 3.23. The maximum atomic E-state index is 11.7. The Bertz CT molecular complexity index is 1150. The molecule has 151 valence electrons. The number of nitro groups is 1. The van der Waals surface area contributed by atoms with Gasteiger partial charge in [-0.1, -0.05) is 60.7 Å². The van der Waals surface area contributed by atoms with Crippen molar-refractivity contribution in [2.24, 2.45) is 0 Å². The molecule has 6 heteroatoms. The Balaban J connectivity index is 1.79. The van der Waals surface area contributed by atoms with Crippen LogP contribution in [0.4, 0.5) is 11.4 Å². The number of rotatable bonds is 7. The van der Waals surface area contributed by atoms with E-state index in [9.17, 15) is 14.9 Å². The molecule has 0 atom stereocenters. The maximum absolute atomic E-state index is 11.7. The summed E-state index contributed by atoms with van der Waals surface area (Å²) in [6.07, 6.45) is 0.839. The van der Waals surface area contributed by atoms with Gasteiger partial charge < -0.3 is 0 Å². The smallest absolute Gasteiger partial charge is 0.269 e. The topological polar surface area (TPSA) is 74.3 Å². The number of nitrogens with zero attached hydrogens (tertiary/aromatic N) is 2. The number of nitro benzene ring substituents is 1. The monoisotopic (exact) mass is 425 g/mol. The second-order valence-corrected chi connectivity index (χ2v) is 7.58. The van der Waals surface area contributed by atoms with E-state index in [2.05, 4.69) is 0 Å². The summed E-state index contributed by atoms with van der Waals surface area (Å²) in [5, 5.41) is 10.9. The minimum atomic E-state index is -0.426. The highest BCUT2D eigenvalue weighted by Crippen LogP contribution is 2.40. The van der Waals surface area contributed by atoms with E-state index in [1.807, 2.05) is 72.8 Å². The van der Waals surface area contributed by atoms with Gasteiger partial charge in [0.05, 0.1) is 10.6 Å². The first-order chi connectivity index (χ1) is 15.2. The second-order valence-electron chi connectivity index (χ2n) is 6.75. The summed E-state index contributed by atoms with van der Waals surface area (Å²) in [7, 11) is 0. The molecule has 0 aliphatic heterocycles. The van der Waals surface area contributed by atoms with Gasteiger partial charge >= 0.3 is 0 Å². The average molecular weight is 425 g/mol. The van der Waals surface area contributed by atoms with Gasteiger partial charge in [-0.05, 0) is 35.4 Å². The van der Waals surface area contributed by atoms with E-state index in [1.54, 1.807) is 12.1 Å². The van der Waals surface area contributed by atoms with Gasteiger partial charge in [-0.25, -0.2) is 4.72 Å². The molecule has 4 aromatic rings. The van der Waals surface area contributed by atoms with E-state index in [0.717, 1.165) is 39.1 Å². The second kappa shape index (κ2) is 9.28. The SMILES string of the molecule is O=Cc1cc(-c2ccccc2)c([N]Sc2ccc([N+](=O)[O-])cc2)c(-c2ccccc2)c1. The Hall–Kier alpha value is -3.90. The molecule has 0 aromatic heterocycles. The van der Waals surface area contributed by atoms with Crippen LogP contribution in [-0.4, -0.2) is 11.2 Å². The number of hydrogen-bond acceptors (Lipinski definition) is 4. The quantitative estimate of drug-likeness (QED) is 0.143. The highest BCUT2D eigenvalue weighted by atomic mass is 32.2. The van der Waals surface area contributed by atoms with Crippen LogP contribution in [0.15, 0.2) is 102 Å². The molecular weight excluding hydrogens is 408 g/mol. The van der Waals surface area contributed by atoms with Gasteiger partial charge in [0.2, 0.25) is 0 Å². The standard InChI is InChI=1S/C25H17N2O3S/c28-17-18-15-23(19-7-3-1-4-8-19)25(24(16-18)20-9-5-2-6-10-20)26-31-22-13-11-21(12-14-22)27(29)30/h1-17H. The number of aldehydes is 1. The lowest BCUT2D eigenvalue weighted by Crippen LogP contribution is -1.96. The number of non-ortho nitro benzene ring substituents is 1. The zero-order chi connectivity index (χ0) is 21.6. The third kappa shape index (κ3) is 4.65. The van der Waals surface area contributed by atoms with Gasteiger partial charge in [-0.15, -0.1) is 0 Å². The molecule has 0 bridgehead atoms. The molecule has 0 saturated carbocycles. The van der Waals surface area contributed by atoms with Crippen LogP contribution < -0.4 is 4.72 Å². The summed E-state index contributed by atoms with van der Waals surface area (Å²) in [6, 6.07) is 29.5. The molecule has 0 fully saturated rings. The highest BCUT2D eigenvalue weighted by molar-refractivity contribution is 7.97. The summed E-state index contributed by atoms with van der Waals surface area (Å²) in [6.45, 7) is 0. The van der Waals surface area contributed by atoms with Crippen LogP contribution in [0.25, 0.3) is 22.3 Å². The fraction of sp³-hybridized carbons (Fsp3) is 0. The summed E-state index contributed by atoms with van der Waals surface area (Å²) >= 11 is 1.24. The molecular formula is C25H17N2O3S. The molecule has 4 rings (SSSR count). The third-order valence-corrected chi connectivity index (χ3v) is 5.48. The molecule has 0 aliphatic carbocycles. The molecule has 0 aliphatic rings. The van der Waals surface area contributed by atoms with Crippen molar-refractivity contribution in [1.29, 1.82) is 0 Å². The lowest BCUT2D eigenvalue weighted by Gasteiger charge is -2.16. The van der Waals surface area contributed by atoms with Crippen LogP contribution >= 0.6 is 11.9 Å². The number of hydrogen-bond donors (Lipinski definition) is 0. The minimum Gasteiger partial charge on any atom is -0.298 e. The summed E-state index contributed by atoms with van der Waals surface area (Å²) in [5.41, 5.74) is 4.94. The van der Waals surface area contributed by atoms with Crippen molar-refractivity contribution in [3.63, 3.8) is 0 Å². The van der Waals surface area contributed by atoms with Crippen LogP contribution in [0.5, 0.6) is 0 Å². The van der Waals surface area contributed by atoms with E-state index < -0.39 is 4.92 Å². The zero-order valence-electron chi connectivity index (χ0n) is 16.3. The molecule has 4 aromatic carbocycles. The summed E-state index contributed by atoms with van der Waals surface area (Å²) in [4.78, 5) is 22.9. The van der Waals surface area contributed by atoms with E-state index in [-0.39, 0.29) is 5.69 Å². The fourth-order valence-corrected chi connectivity index (χ4v) is 3.88. The van der Waals surface area contributed by atoms with Gasteiger partial charge in [0.1, 0.15) is 6.29 Å². The predicted octanol–water partition coefficient (Wildman–Crippen LogP) is 6.68. The van der Waals surface area contributed by atoms with E-state index >= 15 is 0 Å². The van der Waals surface area contributed by atoms with Crippen LogP contribution in [0.2, 0.25) is 0 Å². The molecule has 1 radical (unpaired) electrons. The van der Waals surface area contributed by atoms with Gasteiger partial charge in [-0.2, -0.15) is 0 Å². The van der Waals surface area contributed by atoms with Crippen LogP contribution in [0, 0.1) is 10.1 Å². The Morgan fingerprint density at radius 2 is 1.29 bits per heavy atom. The van der Waals surface area contributed by atoms with Gasteiger partial charge in [0.25, 0.3) is 5.69 Å². The number of carbonyl (C=O) groups excluding carboxylic acids is 1. The average Bonchev–Trinajstić information content (AvgIpc) is 2.83. The van der Waals surface area contributed by atoms with Gasteiger partial charge in [0, 0.05) is 45.7 Å². The maximum Gasteiger partial charge on any atom is 0.269 e. The van der Waals surface area contributed by atoms with E-state index in [4.69, 9.17) is 4.72 Å². The van der Waals surface area contributed by atoms with Crippen LogP contribution in [-0.2, 0) is 0 Å². The minimum absolute atomic E-state index is 0.0367. The van der Waals surface area contributed by atoms with Crippen molar-refractivity contribution < 1.29 is 9.72 Å². The van der Waals surface area contributed by atoms with E-state index in [0.29, 0.717) is 5.56 Å². The summed E-state index contributed by atoms with van der Waals surface area (Å²) < 4.78 is 4.81. The van der Waals surface area contributed by atoms with E-state index in [1.165, 1.54) is 24.1 Å². The first kappa shape index (κ1) is 20.4. The molecule has 5 nitrogen and oxygen atoms in total. The largest absolute Gasteiger partial charge is 0.298 e. The first-order valence-corrected chi connectivity index (χ1v) is 10.3. The van der Waals surface area contributed by atoms with Crippen LogP contribution in [0.1, 0.15) is 10.4 Å². The molecule has 0 saturated heterocycles. The Kier molecular flexibility index (Phi) is 6.10. The van der Waals surface area contributed by atoms with Crippen molar-refractivity contribution in [1.82, 2.24) is 4.72 Å². The van der Waals surface area contributed by atoms with Crippen molar-refractivity contribution in [3.8, 4) is 22.3 Å². The Labute approximate surface area is 184 Å². The Morgan fingerprint density at radius 3 is 1.74 bits per heavy atom. The molecule has 0 unspecified atom stereocenters. The lowest BCUT2D eigenvalue weighted by molar-refractivity contribution is -0.384. The molecule has 0 N–H and O–H groups in total. The number of benzene rings is 4. The first-order valence-electron chi connectivity index (χ1n) is 9.52. The lowest BCUT2D eigenvalue weighted by atomic mass is 9.94. The number of carbonyl (C=O) groups is 1. The predicted molar refractivity (Wildman–Crippen MR) is 123 cm³/mol. The van der Waals surface area contributed by atoms with Gasteiger partial charge in [0.15, 0.2) is 0 Å².